The summed E-state index contributed by atoms with van der Waals surface area (Å²) in [5, 5.41) is 0. The van der Waals surface area contributed by atoms with Gasteiger partial charge in [0.25, 0.3) is 0 Å². The molecule has 0 N–H and O–H groups in total. The average Bonchev–Trinajstić information content (AvgIpc) is 3.08. The highest BCUT2D eigenvalue weighted by atomic mass is 32.1. The van der Waals surface area contributed by atoms with Gasteiger partial charge in [-0.2, -0.15) is 4.37 Å². The first-order valence-corrected chi connectivity index (χ1v) is 8.31. The van der Waals surface area contributed by atoms with Gasteiger partial charge in [-0.1, -0.05) is 60.7 Å². The van der Waals surface area contributed by atoms with Crippen molar-refractivity contribution in [1.82, 2.24) is 4.37 Å². The maximum Gasteiger partial charge on any atom is 0.342 e. The number of carbonyl (C=O) groups is 2. The molecule has 4 nitrogen and oxygen atoms in total. The highest BCUT2D eigenvalue weighted by molar-refractivity contribution is 7.10. The quantitative estimate of drug-likeness (QED) is 0.517. The smallest absolute Gasteiger partial charge is 0.342 e. The van der Waals surface area contributed by atoms with Gasteiger partial charge in [-0.3, -0.25) is 4.79 Å². The van der Waals surface area contributed by atoms with Crippen molar-refractivity contribution >= 4 is 23.3 Å². The average molecular weight is 337 g/mol. The van der Waals surface area contributed by atoms with E-state index in [0.717, 1.165) is 17.1 Å². The molecule has 0 saturated carbocycles. The Morgan fingerprint density at radius 2 is 1.62 bits per heavy atom. The third-order valence-electron chi connectivity index (χ3n) is 3.46. The monoisotopic (exact) mass is 337 g/mol. The van der Waals surface area contributed by atoms with Gasteiger partial charge >= 0.3 is 5.97 Å². The lowest BCUT2D eigenvalue weighted by molar-refractivity contribution is 0.0524. The number of hydrogen-bond donors (Lipinski definition) is 0. The van der Waals surface area contributed by atoms with E-state index < -0.39 is 5.97 Å². The predicted molar refractivity (Wildman–Crippen MR) is 93.4 cm³/mol. The van der Waals surface area contributed by atoms with Crippen LogP contribution in [0.4, 0.5) is 0 Å². The molecule has 0 unspecified atom stereocenters. The van der Waals surface area contributed by atoms with Gasteiger partial charge in [0.2, 0.25) is 5.78 Å². The Morgan fingerprint density at radius 3 is 2.25 bits per heavy atom. The second kappa shape index (κ2) is 7.19. The predicted octanol–water partition coefficient (Wildman–Crippen LogP) is 4.22. The Morgan fingerprint density at radius 1 is 1.00 bits per heavy atom. The van der Waals surface area contributed by atoms with E-state index in [4.69, 9.17) is 4.74 Å². The Kier molecular flexibility index (Phi) is 4.82. The molecule has 0 aliphatic heterocycles. The summed E-state index contributed by atoms with van der Waals surface area (Å²) in [6.07, 6.45) is 0. The van der Waals surface area contributed by atoms with Gasteiger partial charge in [0.1, 0.15) is 11.3 Å². The van der Waals surface area contributed by atoms with Crippen molar-refractivity contribution in [2.24, 2.45) is 0 Å². The first-order chi connectivity index (χ1) is 11.7. The van der Waals surface area contributed by atoms with Crippen molar-refractivity contribution in [1.29, 1.82) is 0 Å². The fraction of sp³-hybridized carbons (Fsp3) is 0.105. The second-order valence-corrected chi connectivity index (χ2v) is 5.79. The lowest BCUT2D eigenvalue weighted by atomic mass is 10.0. The van der Waals surface area contributed by atoms with Gasteiger partial charge in [0.15, 0.2) is 0 Å². The van der Waals surface area contributed by atoms with Gasteiger partial charge in [0.05, 0.1) is 11.5 Å². The van der Waals surface area contributed by atoms with Gasteiger partial charge in [0, 0.05) is 5.56 Å². The molecule has 0 atom stereocenters. The summed E-state index contributed by atoms with van der Waals surface area (Å²) < 4.78 is 9.41. The van der Waals surface area contributed by atoms with E-state index in [1.54, 1.807) is 31.2 Å². The topological polar surface area (TPSA) is 56.3 Å². The Hall–Kier alpha value is -2.79. The fourth-order valence-electron chi connectivity index (χ4n) is 2.35. The number of carbonyl (C=O) groups excluding carboxylic acids is 2. The van der Waals surface area contributed by atoms with Crippen LogP contribution in [-0.4, -0.2) is 22.7 Å². The van der Waals surface area contributed by atoms with Gasteiger partial charge in [-0.25, -0.2) is 4.79 Å². The summed E-state index contributed by atoms with van der Waals surface area (Å²) in [5.74, 6) is -0.804. The van der Waals surface area contributed by atoms with E-state index >= 15 is 0 Å². The van der Waals surface area contributed by atoms with Crippen LogP contribution in [-0.2, 0) is 4.74 Å². The maximum absolute atomic E-state index is 12.8. The van der Waals surface area contributed by atoms with Crippen molar-refractivity contribution in [3.8, 4) is 10.4 Å². The summed E-state index contributed by atoms with van der Waals surface area (Å²) in [4.78, 5) is 25.9. The molecule has 2 aromatic carbocycles. The van der Waals surface area contributed by atoms with Crippen LogP contribution in [0.25, 0.3) is 10.4 Å². The van der Waals surface area contributed by atoms with Crippen LogP contribution in [0.15, 0.2) is 60.7 Å². The van der Waals surface area contributed by atoms with Crippen molar-refractivity contribution in [2.75, 3.05) is 6.61 Å². The van der Waals surface area contributed by atoms with Crippen LogP contribution in [0.3, 0.4) is 0 Å². The maximum atomic E-state index is 12.8. The molecule has 3 rings (SSSR count). The van der Waals surface area contributed by atoms with Crippen LogP contribution in [0.5, 0.6) is 0 Å². The Balaban J connectivity index is 2.12. The molecule has 120 valence electrons. The third kappa shape index (κ3) is 3.12. The molecule has 0 fully saturated rings. The van der Waals surface area contributed by atoms with Gasteiger partial charge < -0.3 is 4.74 Å². The normalized spacial score (nSPS) is 10.4. The summed E-state index contributed by atoms with van der Waals surface area (Å²) in [6, 6.07) is 18.2. The zero-order chi connectivity index (χ0) is 16.9. The SMILES string of the molecule is CCOC(=O)c1c(C(=O)c2ccccc2)nsc1-c1ccccc1. The molecule has 0 bridgehead atoms. The number of ketones is 1. The summed E-state index contributed by atoms with van der Waals surface area (Å²) in [7, 11) is 0. The van der Waals surface area contributed by atoms with Crippen LogP contribution in [0, 0.1) is 0 Å². The summed E-state index contributed by atoms with van der Waals surface area (Å²) >= 11 is 1.13. The van der Waals surface area contributed by atoms with Crippen molar-refractivity contribution in [2.45, 2.75) is 6.92 Å². The van der Waals surface area contributed by atoms with E-state index in [0.29, 0.717) is 10.4 Å². The first-order valence-electron chi connectivity index (χ1n) is 7.54. The fourth-order valence-corrected chi connectivity index (χ4v) is 3.22. The summed E-state index contributed by atoms with van der Waals surface area (Å²) in [5.41, 5.74) is 1.71. The van der Waals surface area contributed by atoms with Crippen LogP contribution in [0.2, 0.25) is 0 Å². The molecular formula is C19H15NO3S. The highest BCUT2D eigenvalue weighted by Crippen LogP contribution is 2.32. The number of nitrogens with zero attached hydrogens (tertiary/aromatic N) is 1. The molecule has 0 saturated heterocycles. The van der Waals surface area contributed by atoms with E-state index in [-0.39, 0.29) is 23.6 Å². The number of benzene rings is 2. The number of rotatable bonds is 5. The molecule has 24 heavy (non-hydrogen) atoms. The van der Waals surface area contributed by atoms with Gasteiger partial charge in [-0.15, -0.1) is 0 Å². The molecule has 0 aliphatic carbocycles. The minimum Gasteiger partial charge on any atom is -0.462 e. The molecule has 0 spiro atoms. The minimum absolute atomic E-state index is 0.142. The number of hydrogen-bond acceptors (Lipinski definition) is 5. The number of aromatic nitrogens is 1. The largest absolute Gasteiger partial charge is 0.462 e. The van der Waals surface area contributed by atoms with E-state index in [1.165, 1.54) is 0 Å². The minimum atomic E-state index is -0.524. The molecule has 1 heterocycles. The summed E-state index contributed by atoms with van der Waals surface area (Å²) in [6.45, 7) is 1.97. The molecule has 0 radical (unpaired) electrons. The lowest BCUT2D eigenvalue weighted by Crippen LogP contribution is -2.12. The van der Waals surface area contributed by atoms with Crippen molar-refractivity contribution < 1.29 is 14.3 Å². The third-order valence-corrected chi connectivity index (χ3v) is 4.35. The van der Waals surface area contributed by atoms with E-state index in [1.807, 2.05) is 36.4 Å². The molecular weight excluding hydrogens is 322 g/mol. The zero-order valence-electron chi connectivity index (χ0n) is 13.1. The molecule has 0 aliphatic rings. The van der Waals surface area contributed by atoms with Crippen LogP contribution < -0.4 is 0 Å². The Labute approximate surface area is 143 Å². The Bertz CT molecular complexity index is 857. The molecule has 5 heteroatoms. The second-order valence-electron chi connectivity index (χ2n) is 5.02. The van der Waals surface area contributed by atoms with E-state index in [9.17, 15) is 9.59 Å². The van der Waals surface area contributed by atoms with Crippen molar-refractivity contribution in [3.05, 3.63) is 77.5 Å². The number of esters is 1. The lowest BCUT2D eigenvalue weighted by Gasteiger charge is -2.06. The number of ether oxygens (including phenoxy) is 1. The van der Waals surface area contributed by atoms with Crippen LogP contribution in [0.1, 0.15) is 33.3 Å². The van der Waals surface area contributed by atoms with E-state index in [2.05, 4.69) is 4.37 Å². The van der Waals surface area contributed by atoms with Gasteiger partial charge in [-0.05, 0) is 24.0 Å². The molecule has 0 amide bonds. The zero-order valence-corrected chi connectivity index (χ0v) is 13.9. The highest BCUT2D eigenvalue weighted by Gasteiger charge is 2.27. The molecule has 1 aromatic heterocycles. The first kappa shape index (κ1) is 16.1. The molecule has 3 aromatic rings. The van der Waals surface area contributed by atoms with Crippen LogP contribution >= 0.6 is 11.5 Å². The standard InChI is InChI=1S/C19H15NO3S/c1-2-23-19(22)15-16(17(21)13-9-5-3-6-10-13)20-24-18(15)14-11-7-4-8-12-14/h3-12H,2H2,1H3. The van der Waals surface area contributed by atoms with Crippen molar-refractivity contribution in [3.63, 3.8) is 0 Å².